The number of pyridine rings is 1. The Morgan fingerprint density at radius 3 is 2.71 bits per heavy atom. The fourth-order valence-corrected chi connectivity index (χ4v) is 1.82. The Morgan fingerprint density at radius 2 is 2.10 bits per heavy atom. The summed E-state index contributed by atoms with van der Waals surface area (Å²) in [5.41, 5.74) is 0.756. The van der Waals surface area contributed by atoms with Crippen molar-refractivity contribution in [3.05, 3.63) is 65.0 Å². The zero-order chi connectivity index (χ0) is 15.4. The van der Waals surface area contributed by atoms with Crippen molar-refractivity contribution in [2.24, 2.45) is 0 Å². The zero-order valence-corrected chi connectivity index (χ0v) is 11.2. The first-order chi connectivity index (χ1) is 10.0. The second-order valence-electron chi connectivity index (χ2n) is 4.45. The van der Waals surface area contributed by atoms with E-state index in [1.807, 2.05) is 6.07 Å². The van der Waals surface area contributed by atoms with Crippen molar-refractivity contribution in [3.63, 3.8) is 0 Å². The van der Waals surface area contributed by atoms with Crippen LogP contribution in [0.2, 0.25) is 0 Å². The number of carbonyl (C=O) groups excluding carboxylic acids is 1. The van der Waals surface area contributed by atoms with Crippen LogP contribution >= 0.6 is 0 Å². The third-order valence-electron chi connectivity index (χ3n) is 2.90. The molecule has 0 bridgehead atoms. The average molecular weight is 287 g/mol. The van der Waals surface area contributed by atoms with Crippen molar-refractivity contribution in [2.45, 2.75) is 6.54 Å². The summed E-state index contributed by atoms with van der Waals surface area (Å²) in [5, 5.41) is 8.80. The lowest BCUT2D eigenvalue weighted by Crippen LogP contribution is -2.26. The van der Waals surface area contributed by atoms with Crippen molar-refractivity contribution in [2.75, 3.05) is 7.05 Å². The van der Waals surface area contributed by atoms with Gasteiger partial charge in [-0.05, 0) is 30.3 Å². The first-order valence-electron chi connectivity index (χ1n) is 6.07. The number of rotatable bonds is 3. The molecule has 0 saturated carbocycles. The van der Waals surface area contributed by atoms with Gasteiger partial charge >= 0.3 is 0 Å². The van der Waals surface area contributed by atoms with Gasteiger partial charge in [-0.25, -0.2) is 9.37 Å². The minimum atomic E-state index is -0.679. The van der Waals surface area contributed by atoms with E-state index in [-0.39, 0.29) is 17.7 Å². The molecule has 0 radical (unpaired) electrons. The van der Waals surface area contributed by atoms with Crippen LogP contribution in [0.3, 0.4) is 0 Å². The van der Waals surface area contributed by atoms with Crippen molar-refractivity contribution in [1.29, 1.82) is 5.26 Å². The molecule has 0 N–H and O–H groups in total. The van der Waals surface area contributed by atoms with Crippen molar-refractivity contribution >= 4 is 5.91 Å². The molecule has 0 atom stereocenters. The first-order valence-corrected chi connectivity index (χ1v) is 6.07. The second-order valence-corrected chi connectivity index (χ2v) is 4.45. The van der Waals surface area contributed by atoms with Gasteiger partial charge in [0.2, 0.25) is 5.95 Å². The summed E-state index contributed by atoms with van der Waals surface area (Å²) < 4.78 is 26.4. The second kappa shape index (κ2) is 6.09. The molecule has 1 amide bonds. The number of hydrogen-bond donors (Lipinski definition) is 0. The molecule has 21 heavy (non-hydrogen) atoms. The smallest absolute Gasteiger partial charge is 0.255 e. The van der Waals surface area contributed by atoms with Crippen molar-refractivity contribution < 1.29 is 13.6 Å². The molecule has 1 aromatic heterocycles. The maximum Gasteiger partial charge on any atom is 0.255 e. The minimum absolute atomic E-state index is 0.00242. The standard InChI is InChI=1S/C15H11F2N3O/c1-20(15(21)11-3-5-14(17)19-8-11)9-12-6-10(7-18)2-4-13(12)16/h2-6,8H,9H2,1H3. The van der Waals surface area contributed by atoms with E-state index in [0.717, 1.165) is 12.3 Å². The highest BCUT2D eigenvalue weighted by Gasteiger charge is 2.14. The molecule has 1 heterocycles. The Labute approximate surface area is 120 Å². The molecule has 0 fully saturated rings. The lowest BCUT2D eigenvalue weighted by molar-refractivity contribution is 0.0783. The van der Waals surface area contributed by atoms with E-state index >= 15 is 0 Å². The van der Waals surface area contributed by atoms with E-state index in [2.05, 4.69) is 4.98 Å². The van der Waals surface area contributed by atoms with E-state index in [1.165, 1.54) is 36.2 Å². The van der Waals surface area contributed by atoms with Gasteiger partial charge in [-0.3, -0.25) is 4.79 Å². The fourth-order valence-electron chi connectivity index (χ4n) is 1.82. The fraction of sp³-hybridized carbons (Fsp3) is 0.133. The largest absolute Gasteiger partial charge is 0.337 e. The number of aromatic nitrogens is 1. The van der Waals surface area contributed by atoms with Crippen LogP contribution < -0.4 is 0 Å². The number of nitriles is 1. The van der Waals surface area contributed by atoms with Gasteiger partial charge in [0.25, 0.3) is 5.91 Å². The topological polar surface area (TPSA) is 57.0 Å². The Kier molecular flexibility index (Phi) is 4.24. The molecule has 0 aliphatic rings. The van der Waals surface area contributed by atoms with Gasteiger partial charge in [0.05, 0.1) is 17.2 Å². The van der Waals surface area contributed by atoms with Crippen LogP contribution in [0.15, 0.2) is 36.5 Å². The van der Waals surface area contributed by atoms with Gasteiger partial charge < -0.3 is 4.90 Å². The van der Waals surface area contributed by atoms with Gasteiger partial charge in [0.1, 0.15) is 5.82 Å². The van der Waals surface area contributed by atoms with E-state index < -0.39 is 17.7 Å². The molecule has 2 aromatic rings. The number of nitrogens with zero attached hydrogens (tertiary/aromatic N) is 3. The summed E-state index contributed by atoms with van der Waals surface area (Å²) in [6, 6.07) is 8.25. The molecule has 1 aromatic carbocycles. The third-order valence-corrected chi connectivity index (χ3v) is 2.90. The highest BCUT2D eigenvalue weighted by Crippen LogP contribution is 2.14. The van der Waals surface area contributed by atoms with Crippen LogP contribution in [-0.4, -0.2) is 22.8 Å². The van der Waals surface area contributed by atoms with Gasteiger partial charge in [-0.1, -0.05) is 0 Å². The molecule has 0 unspecified atom stereocenters. The predicted octanol–water partition coefficient (Wildman–Crippen LogP) is 2.50. The highest BCUT2D eigenvalue weighted by atomic mass is 19.1. The average Bonchev–Trinajstić information content (AvgIpc) is 2.49. The Morgan fingerprint density at radius 1 is 1.33 bits per heavy atom. The molecule has 0 aliphatic carbocycles. The lowest BCUT2D eigenvalue weighted by atomic mass is 10.1. The van der Waals surface area contributed by atoms with Gasteiger partial charge in [-0.15, -0.1) is 0 Å². The summed E-state index contributed by atoms with van der Waals surface area (Å²) in [6.45, 7) is -0.00242. The van der Waals surface area contributed by atoms with Crippen LogP contribution in [0, 0.1) is 23.1 Å². The number of benzene rings is 1. The van der Waals surface area contributed by atoms with Crippen molar-refractivity contribution in [3.8, 4) is 6.07 Å². The first kappa shape index (κ1) is 14.6. The monoisotopic (exact) mass is 287 g/mol. The summed E-state index contributed by atoms with van der Waals surface area (Å²) in [5.74, 6) is -1.59. The number of carbonyl (C=O) groups is 1. The molecule has 4 nitrogen and oxygen atoms in total. The number of halogens is 2. The van der Waals surface area contributed by atoms with Crippen molar-refractivity contribution in [1.82, 2.24) is 9.88 Å². The molecule has 0 spiro atoms. The molecular formula is C15H11F2N3O. The molecule has 6 heteroatoms. The molecular weight excluding hydrogens is 276 g/mol. The van der Waals surface area contributed by atoms with Gasteiger partial charge in [-0.2, -0.15) is 9.65 Å². The van der Waals surface area contributed by atoms with Crippen LogP contribution in [0.5, 0.6) is 0 Å². The Bertz CT molecular complexity index is 708. The third kappa shape index (κ3) is 3.39. The maximum absolute atomic E-state index is 13.7. The van der Waals surface area contributed by atoms with Gasteiger partial charge in [0.15, 0.2) is 0 Å². The predicted molar refractivity (Wildman–Crippen MR) is 71.1 cm³/mol. The lowest BCUT2D eigenvalue weighted by Gasteiger charge is -2.17. The van der Waals surface area contributed by atoms with E-state index in [4.69, 9.17) is 5.26 Å². The van der Waals surface area contributed by atoms with Crippen LogP contribution in [0.1, 0.15) is 21.5 Å². The Hall–Kier alpha value is -2.81. The van der Waals surface area contributed by atoms with E-state index in [0.29, 0.717) is 5.56 Å². The van der Waals surface area contributed by atoms with Gasteiger partial charge in [0, 0.05) is 25.4 Å². The summed E-state index contributed by atoms with van der Waals surface area (Å²) >= 11 is 0. The minimum Gasteiger partial charge on any atom is -0.337 e. The maximum atomic E-state index is 13.7. The Balaban J connectivity index is 2.18. The SMILES string of the molecule is CN(Cc1cc(C#N)ccc1F)C(=O)c1ccc(F)nc1. The van der Waals surface area contributed by atoms with Crippen LogP contribution in [-0.2, 0) is 6.54 Å². The number of amides is 1. The zero-order valence-electron chi connectivity index (χ0n) is 11.2. The summed E-state index contributed by atoms with van der Waals surface area (Å²) in [6.07, 6.45) is 1.12. The molecule has 2 rings (SSSR count). The summed E-state index contributed by atoms with van der Waals surface area (Å²) in [4.78, 5) is 16.8. The quantitative estimate of drug-likeness (QED) is 0.815. The van der Waals surface area contributed by atoms with Crippen LogP contribution in [0.4, 0.5) is 8.78 Å². The van der Waals surface area contributed by atoms with E-state index in [9.17, 15) is 13.6 Å². The normalized spacial score (nSPS) is 10.0. The highest BCUT2D eigenvalue weighted by molar-refractivity contribution is 5.93. The molecule has 0 aliphatic heterocycles. The molecule has 106 valence electrons. The summed E-state index contributed by atoms with van der Waals surface area (Å²) in [7, 11) is 1.49. The number of hydrogen-bond acceptors (Lipinski definition) is 3. The van der Waals surface area contributed by atoms with E-state index in [1.54, 1.807) is 0 Å². The van der Waals surface area contributed by atoms with Crippen LogP contribution in [0.25, 0.3) is 0 Å². The molecule has 0 saturated heterocycles.